The van der Waals surface area contributed by atoms with Crippen molar-refractivity contribution in [2.24, 2.45) is 0 Å². The van der Waals surface area contributed by atoms with Crippen LogP contribution in [-0.2, 0) is 8.85 Å². The van der Waals surface area contributed by atoms with Gasteiger partial charge >= 0.3 is 9.28 Å². The van der Waals surface area contributed by atoms with Crippen LogP contribution in [0.3, 0.4) is 0 Å². The van der Waals surface area contributed by atoms with E-state index in [0.717, 1.165) is 12.8 Å². The van der Waals surface area contributed by atoms with Gasteiger partial charge in [-0.05, 0) is 34.1 Å². The molecule has 0 N–H and O–H groups in total. The van der Waals surface area contributed by atoms with Crippen molar-refractivity contribution in [1.82, 2.24) is 0 Å². The Balaban J connectivity index is 4.08. The summed E-state index contributed by atoms with van der Waals surface area (Å²) in [7, 11) is -1.70. The molecule has 4 heteroatoms. The molecule has 1 atom stereocenters. The Hall–Kier alpha value is 0.427. The monoisotopic (exact) mass is 238 g/mol. The van der Waals surface area contributed by atoms with Crippen LogP contribution < -0.4 is 0 Å². The van der Waals surface area contributed by atoms with E-state index < -0.39 is 9.28 Å². The SMILES string of the molecule is CCCC(Cl)[SiH](OC(C)C)OC(C)C. The normalized spacial score (nSPS) is 14.4. The summed E-state index contributed by atoms with van der Waals surface area (Å²) in [5, 5.41) is 0.0878. The molecule has 0 aromatic carbocycles. The van der Waals surface area contributed by atoms with Gasteiger partial charge in [-0.15, -0.1) is 11.6 Å². The van der Waals surface area contributed by atoms with Gasteiger partial charge < -0.3 is 8.85 Å². The minimum absolute atomic E-state index is 0.0878. The van der Waals surface area contributed by atoms with Crippen molar-refractivity contribution in [2.75, 3.05) is 0 Å². The summed E-state index contributed by atoms with van der Waals surface area (Å²) in [5.41, 5.74) is 0. The fraction of sp³-hybridized carbons (Fsp3) is 1.00. The fourth-order valence-electron chi connectivity index (χ4n) is 1.15. The van der Waals surface area contributed by atoms with Crippen LogP contribution >= 0.6 is 11.6 Å². The number of halogens is 1. The number of rotatable bonds is 7. The number of hydrogen-bond donors (Lipinski definition) is 0. The maximum absolute atomic E-state index is 6.25. The molecule has 0 fully saturated rings. The first-order valence-electron chi connectivity index (χ1n) is 5.42. The van der Waals surface area contributed by atoms with Crippen LogP contribution in [0, 0.1) is 0 Å². The molecule has 1 unspecified atom stereocenters. The van der Waals surface area contributed by atoms with Gasteiger partial charge in [-0.3, -0.25) is 0 Å². The highest BCUT2D eigenvalue weighted by molar-refractivity contribution is 6.59. The third kappa shape index (κ3) is 6.82. The van der Waals surface area contributed by atoms with Crippen LogP contribution in [0.5, 0.6) is 0 Å². The first-order chi connectivity index (χ1) is 6.47. The average molecular weight is 239 g/mol. The Morgan fingerprint density at radius 1 is 1.07 bits per heavy atom. The lowest BCUT2D eigenvalue weighted by molar-refractivity contribution is 0.127. The topological polar surface area (TPSA) is 18.5 Å². The zero-order valence-corrected chi connectivity index (χ0v) is 11.8. The van der Waals surface area contributed by atoms with Crippen molar-refractivity contribution in [3.8, 4) is 0 Å². The maximum atomic E-state index is 6.25. The average Bonchev–Trinajstić information content (AvgIpc) is 2.01. The van der Waals surface area contributed by atoms with E-state index in [2.05, 4.69) is 6.92 Å². The van der Waals surface area contributed by atoms with E-state index in [0.29, 0.717) is 0 Å². The summed E-state index contributed by atoms with van der Waals surface area (Å²) in [6, 6.07) is 0. The van der Waals surface area contributed by atoms with Gasteiger partial charge in [0.1, 0.15) is 0 Å². The van der Waals surface area contributed by atoms with E-state index in [4.69, 9.17) is 20.5 Å². The second-order valence-electron chi connectivity index (χ2n) is 4.04. The van der Waals surface area contributed by atoms with Crippen molar-refractivity contribution < 1.29 is 8.85 Å². The highest BCUT2D eigenvalue weighted by atomic mass is 35.5. The standard InChI is InChI=1S/C10H23ClO2Si/c1-6-7-10(11)14(12-8(2)3)13-9(4)5/h8-10,14H,6-7H2,1-5H3. The van der Waals surface area contributed by atoms with Crippen LogP contribution in [-0.4, -0.2) is 26.5 Å². The highest BCUT2D eigenvalue weighted by Gasteiger charge is 2.25. The van der Waals surface area contributed by atoms with Gasteiger partial charge in [-0.2, -0.15) is 0 Å². The second-order valence-corrected chi connectivity index (χ2v) is 7.11. The number of alkyl halides is 1. The Kier molecular flexibility index (Phi) is 7.92. The molecule has 0 amide bonds. The third-order valence-corrected chi connectivity index (χ3v) is 5.06. The summed E-state index contributed by atoms with van der Waals surface area (Å²) in [6.45, 7) is 10.2. The molecule has 0 heterocycles. The minimum atomic E-state index is -1.70. The van der Waals surface area contributed by atoms with Gasteiger partial charge in [0, 0.05) is 12.2 Å². The Labute approximate surface area is 94.8 Å². The Morgan fingerprint density at radius 2 is 1.50 bits per heavy atom. The zero-order valence-electron chi connectivity index (χ0n) is 9.92. The van der Waals surface area contributed by atoms with E-state index >= 15 is 0 Å². The van der Waals surface area contributed by atoms with Crippen LogP contribution in [0.25, 0.3) is 0 Å². The molecule has 86 valence electrons. The van der Waals surface area contributed by atoms with Crippen molar-refractivity contribution in [1.29, 1.82) is 0 Å². The van der Waals surface area contributed by atoms with E-state index in [1.807, 2.05) is 27.7 Å². The molecule has 0 aliphatic carbocycles. The van der Waals surface area contributed by atoms with Gasteiger partial charge in [-0.25, -0.2) is 0 Å². The molecule has 14 heavy (non-hydrogen) atoms. The van der Waals surface area contributed by atoms with Crippen LogP contribution in [0.15, 0.2) is 0 Å². The molecule has 0 radical (unpaired) electrons. The van der Waals surface area contributed by atoms with Gasteiger partial charge in [0.25, 0.3) is 0 Å². The summed E-state index contributed by atoms with van der Waals surface area (Å²) in [4.78, 5) is 0. The van der Waals surface area contributed by atoms with E-state index in [1.54, 1.807) is 0 Å². The number of hydrogen-bond acceptors (Lipinski definition) is 2. The van der Waals surface area contributed by atoms with Gasteiger partial charge in [0.2, 0.25) is 0 Å². The summed E-state index contributed by atoms with van der Waals surface area (Å²) < 4.78 is 11.5. The second kappa shape index (κ2) is 7.68. The largest absolute Gasteiger partial charge is 0.393 e. The van der Waals surface area contributed by atoms with Gasteiger partial charge in [0.15, 0.2) is 0 Å². The molecule has 0 saturated carbocycles. The first-order valence-corrected chi connectivity index (χ1v) is 7.47. The maximum Gasteiger partial charge on any atom is 0.340 e. The van der Waals surface area contributed by atoms with Crippen molar-refractivity contribution in [2.45, 2.75) is 64.7 Å². The summed E-state index contributed by atoms with van der Waals surface area (Å²) in [5.74, 6) is 0. The van der Waals surface area contributed by atoms with Crippen LogP contribution in [0.2, 0.25) is 0 Å². The van der Waals surface area contributed by atoms with Crippen molar-refractivity contribution in [3.63, 3.8) is 0 Å². The smallest absolute Gasteiger partial charge is 0.340 e. The van der Waals surface area contributed by atoms with Gasteiger partial charge in [-0.1, -0.05) is 13.3 Å². The molecule has 0 aliphatic rings. The lowest BCUT2D eigenvalue weighted by Gasteiger charge is -2.24. The van der Waals surface area contributed by atoms with Crippen LogP contribution in [0.1, 0.15) is 47.5 Å². The fourth-order valence-corrected chi connectivity index (χ4v) is 3.81. The van der Waals surface area contributed by atoms with Gasteiger partial charge in [0.05, 0.1) is 5.00 Å². The molecule has 0 aliphatic heterocycles. The summed E-state index contributed by atoms with van der Waals surface area (Å²) in [6.07, 6.45) is 2.49. The minimum Gasteiger partial charge on any atom is -0.393 e. The van der Waals surface area contributed by atoms with E-state index in [9.17, 15) is 0 Å². The van der Waals surface area contributed by atoms with E-state index in [1.165, 1.54) is 0 Å². The van der Waals surface area contributed by atoms with Crippen LogP contribution in [0.4, 0.5) is 0 Å². The molecule has 0 spiro atoms. The predicted molar refractivity (Wildman–Crippen MR) is 64.1 cm³/mol. The Bertz CT molecular complexity index is 132. The Morgan fingerprint density at radius 3 is 1.79 bits per heavy atom. The molecule has 0 saturated heterocycles. The van der Waals surface area contributed by atoms with E-state index in [-0.39, 0.29) is 17.2 Å². The zero-order chi connectivity index (χ0) is 11.1. The molecule has 0 aromatic heterocycles. The van der Waals surface area contributed by atoms with Crippen molar-refractivity contribution in [3.05, 3.63) is 0 Å². The third-order valence-electron chi connectivity index (χ3n) is 1.67. The quantitative estimate of drug-likeness (QED) is 0.502. The lowest BCUT2D eigenvalue weighted by atomic mass is 10.4. The molecular weight excluding hydrogens is 216 g/mol. The summed E-state index contributed by atoms with van der Waals surface area (Å²) >= 11 is 6.25. The lowest BCUT2D eigenvalue weighted by Crippen LogP contribution is -2.38. The molecule has 0 rings (SSSR count). The first kappa shape index (κ1) is 14.4. The highest BCUT2D eigenvalue weighted by Crippen LogP contribution is 2.14. The molecular formula is C10H23ClO2Si. The predicted octanol–water partition coefficient (Wildman–Crippen LogP) is 3.00. The molecule has 0 aromatic rings. The molecule has 2 nitrogen and oxygen atoms in total. The van der Waals surface area contributed by atoms with Crippen molar-refractivity contribution >= 4 is 20.9 Å². The molecule has 0 bridgehead atoms.